The van der Waals surface area contributed by atoms with E-state index in [1.807, 2.05) is 18.2 Å². The van der Waals surface area contributed by atoms with Gasteiger partial charge in [-0.15, -0.1) is 0 Å². The lowest BCUT2D eigenvalue weighted by Gasteiger charge is -2.15. The molecule has 2 atom stereocenters. The monoisotopic (exact) mass is 375 g/mol. The van der Waals surface area contributed by atoms with Crippen molar-refractivity contribution in [2.75, 3.05) is 38.3 Å². The Morgan fingerprint density at radius 2 is 1.96 bits per heavy atom. The van der Waals surface area contributed by atoms with E-state index in [0.29, 0.717) is 36.2 Å². The lowest BCUT2D eigenvalue weighted by molar-refractivity contribution is 0.146. The molecule has 1 saturated heterocycles. The first-order valence-corrected chi connectivity index (χ1v) is 8.61. The molecule has 4 rings (SSSR count). The van der Waals surface area contributed by atoms with E-state index in [4.69, 9.17) is 9.47 Å². The van der Waals surface area contributed by atoms with Gasteiger partial charge in [0.15, 0.2) is 12.3 Å². The van der Waals surface area contributed by atoms with Gasteiger partial charge in [-0.05, 0) is 18.2 Å². The molecule has 0 spiro atoms. The van der Waals surface area contributed by atoms with Crippen LogP contribution in [0.15, 0.2) is 30.6 Å². The van der Waals surface area contributed by atoms with Crippen LogP contribution in [0.2, 0.25) is 0 Å². The van der Waals surface area contributed by atoms with Gasteiger partial charge in [0.1, 0.15) is 30.2 Å². The molecule has 27 heavy (non-hydrogen) atoms. The van der Waals surface area contributed by atoms with Gasteiger partial charge in [-0.1, -0.05) is 0 Å². The third-order valence-corrected chi connectivity index (χ3v) is 4.49. The Kier molecular flexibility index (Phi) is 4.85. The Hall–Kier alpha value is -2.81. The molecular weight excluding hydrogens is 356 g/mol. The second-order valence-electron chi connectivity index (χ2n) is 6.32. The van der Waals surface area contributed by atoms with Crippen molar-refractivity contribution in [1.29, 1.82) is 0 Å². The number of aromatic nitrogens is 4. The molecule has 1 aliphatic heterocycles. The molecule has 1 N–H and O–H groups in total. The smallest absolute Gasteiger partial charge is 0.150 e. The molecular formula is C18H19F2N5O2. The predicted octanol–water partition coefficient (Wildman–Crippen LogP) is 2.54. The number of benzene rings is 1. The summed E-state index contributed by atoms with van der Waals surface area (Å²) in [7, 11) is 1.62. The molecule has 3 aromatic rings. The van der Waals surface area contributed by atoms with Gasteiger partial charge in [-0.25, -0.2) is 18.7 Å². The largest absolute Gasteiger partial charge is 0.491 e. The molecule has 3 heterocycles. The molecule has 0 saturated carbocycles. The van der Waals surface area contributed by atoms with Crippen LogP contribution in [-0.4, -0.2) is 65.9 Å². The van der Waals surface area contributed by atoms with Gasteiger partial charge < -0.3 is 14.4 Å². The van der Waals surface area contributed by atoms with Crippen molar-refractivity contribution in [2.24, 2.45) is 0 Å². The quantitative estimate of drug-likeness (QED) is 0.668. The van der Waals surface area contributed by atoms with E-state index >= 15 is 0 Å². The fraction of sp³-hybridized carbons (Fsp3) is 0.389. The molecule has 7 nitrogen and oxygen atoms in total. The lowest BCUT2D eigenvalue weighted by Crippen LogP contribution is -2.21. The zero-order valence-corrected chi connectivity index (χ0v) is 14.7. The van der Waals surface area contributed by atoms with Crippen molar-refractivity contribution < 1.29 is 18.3 Å². The first kappa shape index (κ1) is 17.6. The van der Waals surface area contributed by atoms with Crippen LogP contribution in [0.25, 0.3) is 22.3 Å². The number of H-pyrrole nitrogens is 1. The normalized spacial score (nSPS) is 19.7. The minimum Gasteiger partial charge on any atom is -0.491 e. The highest BCUT2D eigenvalue weighted by atomic mass is 19.2. The molecule has 142 valence electrons. The summed E-state index contributed by atoms with van der Waals surface area (Å²) >= 11 is 0. The highest BCUT2D eigenvalue weighted by molar-refractivity contribution is 5.93. The summed E-state index contributed by atoms with van der Waals surface area (Å²) in [6, 6.07) is 7.28. The number of aromatic amines is 1. The molecule has 0 radical (unpaired) electrons. The molecule has 0 amide bonds. The number of ether oxygens (including phenoxy) is 2. The minimum atomic E-state index is -1.50. The Balaban J connectivity index is 1.64. The predicted molar refractivity (Wildman–Crippen MR) is 96.5 cm³/mol. The fourth-order valence-electron chi connectivity index (χ4n) is 3.08. The van der Waals surface area contributed by atoms with Gasteiger partial charge in [0.2, 0.25) is 0 Å². The standard InChI is InChI=1S/C18H19F2N5O2/c1-26-4-5-27-11-2-3-15-12(6-11)18(24-23-15)16-7-17(22-10-21-16)25-8-13(19)14(20)9-25/h2-3,6-7,10,13-14H,4-5,8-9H2,1H3,(H,23,24). The van der Waals surface area contributed by atoms with Crippen molar-refractivity contribution in [2.45, 2.75) is 12.3 Å². The molecule has 1 aromatic carbocycles. The van der Waals surface area contributed by atoms with E-state index in [9.17, 15) is 8.78 Å². The van der Waals surface area contributed by atoms with Crippen LogP contribution in [0.4, 0.5) is 14.6 Å². The summed E-state index contributed by atoms with van der Waals surface area (Å²) in [4.78, 5) is 10.0. The van der Waals surface area contributed by atoms with E-state index in [1.54, 1.807) is 18.1 Å². The van der Waals surface area contributed by atoms with Crippen molar-refractivity contribution >= 4 is 16.7 Å². The van der Waals surface area contributed by atoms with Gasteiger partial charge >= 0.3 is 0 Å². The van der Waals surface area contributed by atoms with Gasteiger partial charge in [0, 0.05) is 18.6 Å². The van der Waals surface area contributed by atoms with Crippen LogP contribution < -0.4 is 9.64 Å². The number of nitrogens with one attached hydrogen (secondary N) is 1. The minimum absolute atomic E-state index is 0.0174. The van der Waals surface area contributed by atoms with Crippen molar-refractivity contribution in [1.82, 2.24) is 20.2 Å². The number of anilines is 1. The molecule has 1 aliphatic rings. The van der Waals surface area contributed by atoms with E-state index in [2.05, 4.69) is 20.2 Å². The average Bonchev–Trinajstić information content (AvgIpc) is 3.25. The Labute approximate surface area is 154 Å². The van der Waals surface area contributed by atoms with Crippen molar-refractivity contribution in [3.63, 3.8) is 0 Å². The number of methoxy groups -OCH3 is 1. The zero-order chi connectivity index (χ0) is 18.8. The van der Waals surface area contributed by atoms with Gasteiger partial charge in [0.25, 0.3) is 0 Å². The Morgan fingerprint density at radius 3 is 2.74 bits per heavy atom. The number of fused-ring (bicyclic) bond motifs is 1. The second kappa shape index (κ2) is 7.43. The maximum absolute atomic E-state index is 13.5. The average molecular weight is 375 g/mol. The molecule has 0 aliphatic carbocycles. The SMILES string of the molecule is COCCOc1ccc2[nH]nc(-c3cc(N4CC(F)C(F)C4)ncn3)c2c1. The summed E-state index contributed by atoms with van der Waals surface area (Å²) in [5.74, 6) is 1.17. The van der Waals surface area contributed by atoms with E-state index in [1.165, 1.54) is 6.33 Å². The van der Waals surface area contributed by atoms with Crippen molar-refractivity contribution in [3.05, 3.63) is 30.6 Å². The third kappa shape index (κ3) is 3.55. The number of halogens is 2. The molecule has 2 aromatic heterocycles. The summed E-state index contributed by atoms with van der Waals surface area (Å²) in [5, 5.41) is 8.13. The van der Waals surface area contributed by atoms with Crippen molar-refractivity contribution in [3.8, 4) is 17.1 Å². The summed E-state index contributed by atoms with van der Waals surface area (Å²) in [6.45, 7) is 0.899. The van der Waals surface area contributed by atoms with Crippen LogP contribution in [0, 0.1) is 0 Å². The van der Waals surface area contributed by atoms with Gasteiger partial charge in [-0.2, -0.15) is 5.10 Å². The maximum atomic E-state index is 13.5. The van der Waals surface area contributed by atoms with E-state index in [-0.39, 0.29) is 13.1 Å². The van der Waals surface area contributed by atoms with E-state index in [0.717, 1.165) is 10.9 Å². The van der Waals surface area contributed by atoms with Crippen LogP contribution >= 0.6 is 0 Å². The number of hydrogen-bond acceptors (Lipinski definition) is 6. The first-order chi connectivity index (χ1) is 13.2. The topological polar surface area (TPSA) is 76.2 Å². The first-order valence-electron chi connectivity index (χ1n) is 8.61. The third-order valence-electron chi connectivity index (χ3n) is 4.49. The Morgan fingerprint density at radius 1 is 1.15 bits per heavy atom. The molecule has 1 fully saturated rings. The van der Waals surface area contributed by atoms with Crippen LogP contribution in [0.5, 0.6) is 5.75 Å². The maximum Gasteiger partial charge on any atom is 0.150 e. The molecule has 0 bridgehead atoms. The second-order valence-corrected chi connectivity index (χ2v) is 6.32. The number of alkyl halides is 2. The van der Waals surface area contributed by atoms with Crippen LogP contribution in [-0.2, 0) is 4.74 Å². The van der Waals surface area contributed by atoms with Crippen LogP contribution in [0.1, 0.15) is 0 Å². The lowest BCUT2D eigenvalue weighted by atomic mass is 10.1. The number of nitrogens with zero attached hydrogens (tertiary/aromatic N) is 4. The fourth-order valence-corrected chi connectivity index (χ4v) is 3.08. The summed E-state index contributed by atoms with van der Waals surface area (Å²) < 4.78 is 37.7. The Bertz CT molecular complexity index is 925. The van der Waals surface area contributed by atoms with Crippen LogP contribution in [0.3, 0.4) is 0 Å². The highest BCUT2D eigenvalue weighted by Crippen LogP contribution is 2.30. The molecule has 9 heteroatoms. The van der Waals surface area contributed by atoms with Gasteiger partial charge in [0.05, 0.1) is 30.9 Å². The summed E-state index contributed by atoms with van der Waals surface area (Å²) in [5.41, 5.74) is 2.02. The molecule has 2 unspecified atom stereocenters. The zero-order valence-electron chi connectivity index (χ0n) is 14.7. The highest BCUT2D eigenvalue weighted by Gasteiger charge is 2.33. The van der Waals surface area contributed by atoms with Gasteiger partial charge in [-0.3, -0.25) is 5.10 Å². The number of hydrogen-bond donors (Lipinski definition) is 1. The summed E-state index contributed by atoms with van der Waals surface area (Å²) in [6.07, 6.45) is -1.62. The van der Waals surface area contributed by atoms with E-state index < -0.39 is 12.3 Å². The number of rotatable bonds is 6.